The van der Waals surface area contributed by atoms with E-state index < -0.39 is 17.5 Å². The summed E-state index contributed by atoms with van der Waals surface area (Å²) in [7, 11) is 1.57. The van der Waals surface area contributed by atoms with Gasteiger partial charge in [-0.2, -0.15) is 0 Å². The number of halogens is 2. The number of carbonyl (C=O) groups is 1. The van der Waals surface area contributed by atoms with Gasteiger partial charge in [-0.3, -0.25) is 14.7 Å². The smallest absolute Gasteiger partial charge is 0.303 e. The Balaban J connectivity index is 1.42. The van der Waals surface area contributed by atoms with Gasteiger partial charge in [-0.15, -0.1) is 0 Å². The fraction of sp³-hybridized carbons (Fsp3) is 0.400. The molecule has 0 radical (unpaired) electrons. The number of fused-ring (bicyclic) bond motifs is 1. The predicted octanol–water partition coefficient (Wildman–Crippen LogP) is 5.77. The Morgan fingerprint density at radius 1 is 1.26 bits per heavy atom. The molecule has 1 saturated heterocycles. The van der Waals surface area contributed by atoms with Crippen molar-refractivity contribution in [1.29, 1.82) is 0 Å². The first-order valence-electron chi connectivity index (χ1n) is 12.7. The fourth-order valence-electron chi connectivity index (χ4n) is 5.17. The second kappa shape index (κ2) is 12.1. The number of hydrogen-bond donors (Lipinski definition) is 2. The lowest BCUT2D eigenvalue weighted by atomic mass is 9.71. The Kier molecular flexibility index (Phi) is 8.88. The van der Waals surface area contributed by atoms with Crippen LogP contribution in [-0.2, 0) is 4.79 Å². The zero-order valence-corrected chi connectivity index (χ0v) is 22.4. The number of rotatable bonds is 8. The van der Waals surface area contributed by atoms with Crippen LogP contribution in [0.3, 0.4) is 0 Å². The van der Waals surface area contributed by atoms with E-state index in [1.165, 1.54) is 12.3 Å². The highest BCUT2D eigenvalue weighted by molar-refractivity contribution is 6.32. The van der Waals surface area contributed by atoms with Crippen LogP contribution in [0.4, 0.5) is 4.39 Å². The average molecular weight is 539 g/mol. The number of likely N-dealkylation sites (tertiary alicyclic amines) is 1. The van der Waals surface area contributed by atoms with E-state index in [4.69, 9.17) is 16.3 Å². The highest BCUT2D eigenvalue weighted by atomic mass is 35.5. The van der Waals surface area contributed by atoms with Gasteiger partial charge in [0.1, 0.15) is 11.6 Å². The second-order valence-electron chi connectivity index (χ2n) is 10.1. The molecule has 1 unspecified atom stereocenters. The Hall–Kier alpha value is -3.18. The number of aryl methyl sites for hydroxylation is 1. The lowest BCUT2D eigenvalue weighted by molar-refractivity contribution is -0.141. The number of piperidine rings is 1. The third kappa shape index (κ3) is 6.63. The minimum Gasteiger partial charge on any atom is -0.497 e. The quantitative estimate of drug-likeness (QED) is 0.354. The molecule has 3 aromatic rings. The number of pyridine rings is 1. The molecule has 0 bridgehead atoms. The van der Waals surface area contributed by atoms with Crippen LogP contribution < -0.4 is 4.74 Å². The number of methoxy groups -OCH3 is 1. The molecule has 1 aliphatic rings. The van der Waals surface area contributed by atoms with Crippen molar-refractivity contribution in [3.05, 3.63) is 70.1 Å². The number of aliphatic hydroxyl groups excluding tert-OH is 1. The van der Waals surface area contributed by atoms with Crippen molar-refractivity contribution < 1.29 is 24.1 Å². The topological polar surface area (TPSA) is 82.9 Å². The molecule has 1 aromatic heterocycles. The van der Waals surface area contributed by atoms with E-state index in [0.29, 0.717) is 78.3 Å². The molecule has 38 heavy (non-hydrogen) atoms. The zero-order valence-electron chi connectivity index (χ0n) is 21.6. The number of hydrogen-bond acceptors (Lipinski definition) is 5. The van der Waals surface area contributed by atoms with Gasteiger partial charge in [-0.1, -0.05) is 29.5 Å². The van der Waals surface area contributed by atoms with Crippen LogP contribution in [0.25, 0.3) is 10.9 Å². The Morgan fingerprint density at radius 2 is 2.03 bits per heavy atom. The summed E-state index contributed by atoms with van der Waals surface area (Å²) in [5.74, 6) is 5.66. The molecule has 2 N–H and O–H groups in total. The molecular formula is C30H32ClFN2O4. The average Bonchev–Trinajstić information content (AvgIpc) is 2.90. The number of ether oxygens (including phenoxy) is 1. The number of carboxylic acid groups (broad SMARTS) is 1. The lowest BCUT2D eigenvalue weighted by Gasteiger charge is -2.41. The van der Waals surface area contributed by atoms with E-state index >= 15 is 0 Å². The molecule has 0 spiro atoms. The van der Waals surface area contributed by atoms with Crippen molar-refractivity contribution in [3.63, 3.8) is 0 Å². The highest BCUT2D eigenvalue weighted by Gasteiger charge is 2.37. The van der Waals surface area contributed by atoms with Gasteiger partial charge in [0.2, 0.25) is 0 Å². The SMILES string of the molecule is COc1ccc2ncc(Cl)c(C(O)CCC3(CC(=O)O)CCN(CC#Cc4ccc(C)c(F)c4)CC3)c2c1. The molecule has 0 aliphatic carbocycles. The Bertz CT molecular complexity index is 1380. The summed E-state index contributed by atoms with van der Waals surface area (Å²) >= 11 is 6.46. The first-order valence-corrected chi connectivity index (χ1v) is 13.1. The molecule has 2 aromatic carbocycles. The van der Waals surface area contributed by atoms with Crippen LogP contribution >= 0.6 is 11.6 Å². The largest absolute Gasteiger partial charge is 0.497 e. The fourth-order valence-corrected chi connectivity index (χ4v) is 5.44. The molecule has 0 saturated carbocycles. The van der Waals surface area contributed by atoms with Gasteiger partial charge in [-0.05, 0) is 87.0 Å². The summed E-state index contributed by atoms with van der Waals surface area (Å²) in [6.07, 6.45) is 3.00. The van der Waals surface area contributed by atoms with Gasteiger partial charge >= 0.3 is 5.97 Å². The molecule has 6 nitrogen and oxygen atoms in total. The number of carboxylic acids is 1. The monoisotopic (exact) mass is 538 g/mol. The minimum absolute atomic E-state index is 0.0422. The van der Waals surface area contributed by atoms with Crippen molar-refractivity contribution in [1.82, 2.24) is 9.88 Å². The maximum Gasteiger partial charge on any atom is 0.303 e. The summed E-state index contributed by atoms with van der Waals surface area (Å²) < 4.78 is 19.1. The lowest BCUT2D eigenvalue weighted by Crippen LogP contribution is -2.41. The van der Waals surface area contributed by atoms with E-state index in [9.17, 15) is 19.4 Å². The van der Waals surface area contributed by atoms with Gasteiger partial charge in [-0.25, -0.2) is 4.39 Å². The van der Waals surface area contributed by atoms with E-state index in [2.05, 4.69) is 21.7 Å². The van der Waals surface area contributed by atoms with Crippen LogP contribution in [0.15, 0.2) is 42.6 Å². The van der Waals surface area contributed by atoms with Crippen molar-refractivity contribution in [2.75, 3.05) is 26.7 Å². The molecule has 4 rings (SSSR count). The predicted molar refractivity (Wildman–Crippen MR) is 146 cm³/mol. The zero-order chi connectivity index (χ0) is 27.3. The molecule has 1 atom stereocenters. The van der Waals surface area contributed by atoms with Gasteiger partial charge in [0.05, 0.1) is 36.7 Å². The minimum atomic E-state index is -0.871. The third-order valence-electron chi connectivity index (χ3n) is 7.50. The standard InChI is InChI=1S/C30H32ClFN2O4/c1-20-5-6-21(16-25(20)32)4-3-13-34-14-11-30(12-15-34,18-28(36)37)10-9-27(35)29-23-17-22(38-2)7-8-26(23)33-19-24(29)31/h5-8,16-17,19,27,35H,9-15,18H2,1-2H3,(H,36,37). The van der Waals surface area contributed by atoms with Gasteiger partial charge < -0.3 is 14.9 Å². The number of aliphatic carboxylic acids is 1. The van der Waals surface area contributed by atoms with Crippen LogP contribution in [0.1, 0.15) is 54.9 Å². The number of aromatic nitrogens is 1. The summed E-state index contributed by atoms with van der Waals surface area (Å²) in [5.41, 5.74) is 2.09. The molecule has 1 fully saturated rings. The van der Waals surface area contributed by atoms with Gasteiger partial charge in [0.25, 0.3) is 0 Å². The molecule has 200 valence electrons. The molecule has 1 aliphatic heterocycles. The number of benzene rings is 2. The van der Waals surface area contributed by atoms with E-state index in [1.807, 2.05) is 12.1 Å². The van der Waals surface area contributed by atoms with E-state index in [1.54, 1.807) is 32.2 Å². The number of aliphatic hydroxyl groups is 1. The molecule has 2 heterocycles. The van der Waals surface area contributed by atoms with E-state index in [-0.39, 0.29) is 12.2 Å². The van der Waals surface area contributed by atoms with Crippen LogP contribution in [0.2, 0.25) is 5.02 Å². The van der Waals surface area contributed by atoms with Crippen molar-refractivity contribution >= 4 is 28.5 Å². The second-order valence-corrected chi connectivity index (χ2v) is 10.5. The summed E-state index contributed by atoms with van der Waals surface area (Å²) in [5, 5.41) is 21.9. The summed E-state index contributed by atoms with van der Waals surface area (Å²) in [4.78, 5) is 18.3. The normalized spacial score (nSPS) is 16.0. The van der Waals surface area contributed by atoms with Gasteiger partial charge in [0, 0.05) is 22.7 Å². The molecule has 0 amide bonds. The first-order chi connectivity index (χ1) is 18.2. The van der Waals surface area contributed by atoms with Crippen molar-refractivity contribution in [3.8, 4) is 17.6 Å². The van der Waals surface area contributed by atoms with E-state index in [0.717, 1.165) is 5.39 Å². The maximum absolute atomic E-state index is 13.8. The third-order valence-corrected chi connectivity index (χ3v) is 7.80. The molecular weight excluding hydrogens is 507 g/mol. The Labute approximate surface area is 227 Å². The van der Waals surface area contributed by atoms with Crippen LogP contribution in [0, 0.1) is 30.0 Å². The molecule has 8 heteroatoms. The van der Waals surface area contributed by atoms with Crippen LogP contribution in [0.5, 0.6) is 5.75 Å². The van der Waals surface area contributed by atoms with Gasteiger partial charge in [0.15, 0.2) is 0 Å². The summed E-state index contributed by atoms with van der Waals surface area (Å²) in [6, 6.07) is 10.4. The highest BCUT2D eigenvalue weighted by Crippen LogP contribution is 2.43. The first kappa shape index (κ1) is 27.8. The summed E-state index contributed by atoms with van der Waals surface area (Å²) in [6.45, 7) is 3.66. The van der Waals surface area contributed by atoms with Crippen molar-refractivity contribution in [2.24, 2.45) is 5.41 Å². The van der Waals surface area contributed by atoms with Crippen LogP contribution in [-0.4, -0.2) is 52.8 Å². The Morgan fingerprint density at radius 3 is 2.71 bits per heavy atom. The number of nitrogens with zero attached hydrogens (tertiary/aromatic N) is 2. The van der Waals surface area contributed by atoms with Crippen molar-refractivity contribution in [2.45, 2.75) is 45.1 Å². The maximum atomic E-state index is 13.8.